The maximum atomic E-state index is 6.09. The molecule has 0 atom stereocenters. The van der Waals surface area contributed by atoms with Gasteiger partial charge in [0.25, 0.3) is 0 Å². The molecule has 16 heavy (non-hydrogen) atoms. The van der Waals surface area contributed by atoms with Crippen molar-refractivity contribution in [3.8, 4) is 0 Å². The molecule has 1 heterocycles. The molecule has 0 aliphatic heterocycles. The zero-order valence-electron chi connectivity index (χ0n) is 10.4. The lowest BCUT2D eigenvalue weighted by molar-refractivity contribution is 0.399. The smallest absolute Gasteiger partial charge is 0.147 e. The van der Waals surface area contributed by atoms with E-state index in [-0.39, 0.29) is 5.41 Å². The van der Waals surface area contributed by atoms with Crippen molar-refractivity contribution >= 4 is 27.5 Å². The molecule has 1 aromatic heterocycles. The molecule has 2 nitrogen and oxygen atoms in total. The Morgan fingerprint density at radius 3 is 2.25 bits per heavy atom. The second kappa shape index (κ2) is 5.01. The lowest BCUT2D eigenvalue weighted by Gasteiger charge is -2.18. The van der Waals surface area contributed by atoms with E-state index in [4.69, 9.17) is 11.6 Å². The maximum Gasteiger partial charge on any atom is 0.147 e. The third kappa shape index (κ3) is 3.70. The molecule has 1 aromatic rings. The van der Waals surface area contributed by atoms with Crippen LogP contribution in [0, 0.1) is 5.41 Å². The van der Waals surface area contributed by atoms with E-state index in [9.17, 15) is 0 Å². The Morgan fingerprint density at radius 1 is 1.25 bits per heavy atom. The first kappa shape index (κ1) is 13.9. The van der Waals surface area contributed by atoms with Gasteiger partial charge in [0, 0.05) is 6.42 Å². The van der Waals surface area contributed by atoms with E-state index in [1.165, 1.54) is 0 Å². The van der Waals surface area contributed by atoms with Crippen molar-refractivity contribution in [2.75, 3.05) is 0 Å². The molecule has 0 aliphatic carbocycles. The summed E-state index contributed by atoms with van der Waals surface area (Å²) in [6.07, 6.45) is 0.833. The van der Waals surface area contributed by atoms with Crippen LogP contribution in [0.15, 0.2) is 4.47 Å². The largest absolute Gasteiger partial charge is 0.236 e. The molecule has 0 amide bonds. The van der Waals surface area contributed by atoms with Crippen LogP contribution in [-0.2, 0) is 6.42 Å². The van der Waals surface area contributed by atoms with E-state index in [0.29, 0.717) is 11.1 Å². The molecule has 0 unspecified atom stereocenters. The monoisotopic (exact) mass is 304 g/mol. The van der Waals surface area contributed by atoms with Crippen LogP contribution in [0.25, 0.3) is 0 Å². The molecule has 90 valence electrons. The summed E-state index contributed by atoms with van der Waals surface area (Å²) in [5, 5.41) is 0.512. The van der Waals surface area contributed by atoms with Crippen LogP contribution in [-0.4, -0.2) is 9.97 Å². The van der Waals surface area contributed by atoms with Crippen molar-refractivity contribution in [3.05, 3.63) is 21.1 Å². The quantitative estimate of drug-likeness (QED) is 0.746. The minimum atomic E-state index is 0.172. The Kier molecular flexibility index (Phi) is 4.35. The summed E-state index contributed by atoms with van der Waals surface area (Å²) >= 11 is 9.53. The molecule has 1 rings (SSSR count). The Labute approximate surface area is 111 Å². The molecule has 0 saturated heterocycles. The maximum absolute atomic E-state index is 6.09. The minimum absolute atomic E-state index is 0.172. The third-order valence-corrected chi connectivity index (χ3v) is 3.40. The fourth-order valence-corrected chi connectivity index (χ4v) is 2.25. The van der Waals surface area contributed by atoms with Gasteiger partial charge in [-0.05, 0) is 27.3 Å². The van der Waals surface area contributed by atoms with Crippen LogP contribution >= 0.6 is 27.5 Å². The number of aromatic nitrogens is 2. The van der Waals surface area contributed by atoms with Crippen LogP contribution in [0.5, 0.6) is 0 Å². The zero-order valence-corrected chi connectivity index (χ0v) is 12.8. The lowest BCUT2D eigenvalue weighted by atomic mass is 9.92. The Balaban J connectivity index is 3.14. The molecule has 0 aliphatic rings. The van der Waals surface area contributed by atoms with Crippen LogP contribution in [0.4, 0.5) is 0 Å². The van der Waals surface area contributed by atoms with E-state index in [2.05, 4.69) is 60.5 Å². The van der Waals surface area contributed by atoms with Crippen molar-refractivity contribution in [2.45, 2.75) is 47.0 Å². The Bertz CT molecular complexity index is 383. The second-order valence-electron chi connectivity index (χ2n) is 5.52. The Morgan fingerprint density at radius 2 is 1.81 bits per heavy atom. The molecule has 0 aromatic carbocycles. The highest BCUT2D eigenvalue weighted by atomic mass is 79.9. The molecule has 0 saturated carbocycles. The van der Waals surface area contributed by atoms with Gasteiger partial charge in [0.1, 0.15) is 11.0 Å². The highest BCUT2D eigenvalue weighted by molar-refractivity contribution is 9.10. The highest BCUT2D eigenvalue weighted by Crippen LogP contribution is 2.30. The van der Waals surface area contributed by atoms with Gasteiger partial charge >= 0.3 is 0 Å². The fraction of sp³-hybridized carbons (Fsp3) is 0.667. The predicted octanol–water partition coefficient (Wildman–Crippen LogP) is 4.60. The van der Waals surface area contributed by atoms with Gasteiger partial charge in [0.15, 0.2) is 0 Å². The van der Waals surface area contributed by atoms with Gasteiger partial charge < -0.3 is 0 Å². The van der Waals surface area contributed by atoms with E-state index < -0.39 is 0 Å². The van der Waals surface area contributed by atoms with Crippen LogP contribution in [0.2, 0.25) is 5.15 Å². The van der Waals surface area contributed by atoms with Gasteiger partial charge in [0.05, 0.1) is 10.2 Å². The second-order valence-corrected chi connectivity index (χ2v) is 6.67. The van der Waals surface area contributed by atoms with E-state index in [1.807, 2.05) is 0 Å². The van der Waals surface area contributed by atoms with Crippen molar-refractivity contribution < 1.29 is 0 Å². The molecule has 0 fully saturated rings. The molecular formula is C12H18BrClN2. The van der Waals surface area contributed by atoms with Gasteiger partial charge in [0.2, 0.25) is 0 Å². The number of hydrogen-bond acceptors (Lipinski definition) is 2. The van der Waals surface area contributed by atoms with Gasteiger partial charge in [-0.15, -0.1) is 0 Å². The fourth-order valence-electron chi connectivity index (χ4n) is 1.42. The topological polar surface area (TPSA) is 25.8 Å². The van der Waals surface area contributed by atoms with Gasteiger partial charge in [-0.3, -0.25) is 0 Å². The average molecular weight is 306 g/mol. The first-order valence-electron chi connectivity index (χ1n) is 5.42. The summed E-state index contributed by atoms with van der Waals surface area (Å²) in [6, 6.07) is 0. The zero-order chi connectivity index (χ0) is 12.5. The predicted molar refractivity (Wildman–Crippen MR) is 72.0 cm³/mol. The summed E-state index contributed by atoms with van der Waals surface area (Å²) in [5.74, 6) is 1.16. The van der Waals surface area contributed by atoms with E-state index in [1.54, 1.807) is 0 Å². The van der Waals surface area contributed by atoms with Crippen molar-refractivity contribution in [1.29, 1.82) is 0 Å². The number of hydrogen-bond donors (Lipinski definition) is 0. The summed E-state index contributed by atoms with van der Waals surface area (Å²) in [5.41, 5.74) is 1.16. The highest BCUT2D eigenvalue weighted by Gasteiger charge is 2.18. The number of nitrogens with zero attached hydrogens (tertiary/aromatic N) is 2. The number of rotatable bonds is 2. The average Bonchev–Trinajstić information content (AvgIpc) is 2.07. The summed E-state index contributed by atoms with van der Waals surface area (Å²) < 4.78 is 0.821. The third-order valence-electron chi connectivity index (χ3n) is 2.12. The molecule has 0 radical (unpaired) electrons. The van der Waals surface area contributed by atoms with Crippen molar-refractivity contribution in [1.82, 2.24) is 9.97 Å². The van der Waals surface area contributed by atoms with E-state index >= 15 is 0 Å². The summed E-state index contributed by atoms with van der Waals surface area (Å²) in [6.45, 7) is 10.7. The molecule has 0 spiro atoms. The normalized spacial score (nSPS) is 12.2. The van der Waals surface area contributed by atoms with E-state index in [0.717, 1.165) is 22.4 Å². The SMILES string of the molecule is CC(C)c1nc(CC(C)(C)C)nc(Cl)c1Br. The van der Waals surface area contributed by atoms with Crippen molar-refractivity contribution in [3.63, 3.8) is 0 Å². The molecule has 0 bridgehead atoms. The minimum Gasteiger partial charge on any atom is -0.236 e. The lowest BCUT2D eigenvalue weighted by Crippen LogP contribution is -2.13. The van der Waals surface area contributed by atoms with Crippen LogP contribution in [0.3, 0.4) is 0 Å². The Hall–Kier alpha value is -0.150. The van der Waals surface area contributed by atoms with Gasteiger partial charge in [-0.25, -0.2) is 9.97 Å². The van der Waals surface area contributed by atoms with Crippen LogP contribution < -0.4 is 0 Å². The standard InChI is InChI=1S/C12H18BrClN2/c1-7(2)10-9(13)11(14)16-8(15-10)6-12(3,4)5/h7H,6H2,1-5H3. The first-order chi connectivity index (χ1) is 7.20. The van der Waals surface area contributed by atoms with Crippen molar-refractivity contribution in [2.24, 2.45) is 5.41 Å². The molecule has 4 heteroatoms. The van der Waals surface area contributed by atoms with Crippen LogP contribution in [0.1, 0.15) is 52.1 Å². The molecular weight excluding hydrogens is 288 g/mol. The molecule has 0 N–H and O–H groups in total. The van der Waals surface area contributed by atoms with Gasteiger partial charge in [-0.1, -0.05) is 46.2 Å². The first-order valence-corrected chi connectivity index (χ1v) is 6.59. The summed E-state index contributed by atoms with van der Waals surface area (Å²) in [7, 11) is 0. The summed E-state index contributed by atoms with van der Waals surface area (Å²) in [4.78, 5) is 8.88. The van der Waals surface area contributed by atoms with Gasteiger partial charge in [-0.2, -0.15) is 0 Å². The number of halogens is 2.